The molecule has 3 rings (SSSR count). The maximum Gasteiger partial charge on any atom is 0.0388 e. The maximum atomic E-state index is 4.19. The quantitative estimate of drug-likeness (QED) is 0.772. The molecule has 0 saturated carbocycles. The number of rotatable bonds is 2. The van der Waals surface area contributed by atoms with Crippen LogP contribution < -0.4 is 5.32 Å². The van der Waals surface area contributed by atoms with E-state index in [-0.39, 0.29) is 5.41 Å². The van der Waals surface area contributed by atoms with Crippen LogP contribution in [0.1, 0.15) is 40.0 Å². The van der Waals surface area contributed by atoms with Crippen LogP contribution in [0.2, 0.25) is 0 Å². The van der Waals surface area contributed by atoms with Crippen molar-refractivity contribution >= 4 is 0 Å². The lowest BCUT2D eigenvalue weighted by molar-refractivity contribution is 0.221. The van der Waals surface area contributed by atoms with Crippen LogP contribution in [0, 0.1) is 11.3 Å². The summed E-state index contributed by atoms with van der Waals surface area (Å²) in [4.78, 5) is 2.61. The Kier molecular flexibility index (Phi) is 3.29. The first-order valence-corrected chi connectivity index (χ1v) is 6.63. The van der Waals surface area contributed by atoms with Gasteiger partial charge in [0.2, 0.25) is 0 Å². The first-order valence-electron chi connectivity index (χ1n) is 6.63. The molecule has 1 N–H and O–H groups in total. The molecule has 92 valence electrons. The third kappa shape index (κ3) is 2.79. The molecule has 3 saturated heterocycles. The van der Waals surface area contributed by atoms with E-state index in [1.807, 2.05) is 0 Å². The maximum absolute atomic E-state index is 4.19. The van der Waals surface area contributed by atoms with Gasteiger partial charge >= 0.3 is 0 Å². The van der Waals surface area contributed by atoms with Crippen molar-refractivity contribution in [3.05, 3.63) is 12.3 Å². The van der Waals surface area contributed by atoms with Crippen LogP contribution in [0.4, 0.5) is 0 Å². The van der Waals surface area contributed by atoms with Crippen LogP contribution in [0.15, 0.2) is 12.3 Å². The molecule has 3 heterocycles. The SMILES string of the molecule is C=C(NC1CC2CCN(CC2)C1)C(C)(C)C. The van der Waals surface area contributed by atoms with Crippen molar-refractivity contribution < 1.29 is 0 Å². The van der Waals surface area contributed by atoms with Crippen molar-refractivity contribution in [3.8, 4) is 0 Å². The molecule has 1 unspecified atom stereocenters. The highest BCUT2D eigenvalue weighted by Gasteiger charge is 2.30. The summed E-state index contributed by atoms with van der Waals surface area (Å²) in [6.07, 6.45) is 4.14. The molecule has 2 heteroatoms. The molecule has 0 aromatic rings. The van der Waals surface area contributed by atoms with E-state index in [1.165, 1.54) is 44.6 Å². The Hall–Kier alpha value is -0.500. The minimum Gasteiger partial charge on any atom is -0.384 e. The number of nitrogens with one attached hydrogen (secondary N) is 1. The van der Waals surface area contributed by atoms with Gasteiger partial charge in [-0.25, -0.2) is 0 Å². The molecular weight excluding hydrogens is 196 g/mol. The summed E-state index contributed by atoms with van der Waals surface area (Å²) in [5.74, 6) is 0.948. The zero-order valence-corrected chi connectivity index (χ0v) is 11.1. The van der Waals surface area contributed by atoms with Gasteiger partial charge in [-0.1, -0.05) is 27.4 Å². The standard InChI is InChI=1S/C14H26N2/c1-11(14(2,3)4)15-13-9-12-5-7-16(10-13)8-6-12/h12-13,15H,1,5-10H2,2-4H3. The largest absolute Gasteiger partial charge is 0.384 e. The minimum atomic E-state index is 0.181. The summed E-state index contributed by atoms with van der Waals surface area (Å²) >= 11 is 0. The van der Waals surface area contributed by atoms with Gasteiger partial charge in [-0.2, -0.15) is 0 Å². The van der Waals surface area contributed by atoms with Gasteiger partial charge in [-0.3, -0.25) is 0 Å². The van der Waals surface area contributed by atoms with Crippen molar-refractivity contribution in [1.82, 2.24) is 10.2 Å². The van der Waals surface area contributed by atoms with Crippen LogP contribution in [0.3, 0.4) is 0 Å². The zero-order chi connectivity index (χ0) is 11.8. The molecular formula is C14H26N2. The molecule has 0 amide bonds. The molecule has 0 aromatic heterocycles. The second kappa shape index (κ2) is 4.40. The summed E-state index contributed by atoms with van der Waals surface area (Å²) in [6.45, 7) is 14.7. The average molecular weight is 222 g/mol. The van der Waals surface area contributed by atoms with E-state index in [9.17, 15) is 0 Å². The molecule has 0 spiro atoms. The molecule has 16 heavy (non-hydrogen) atoms. The topological polar surface area (TPSA) is 15.3 Å². The second-order valence-electron chi connectivity index (χ2n) is 6.55. The Balaban J connectivity index is 1.93. The molecule has 2 bridgehead atoms. The van der Waals surface area contributed by atoms with E-state index in [2.05, 4.69) is 37.6 Å². The lowest BCUT2D eigenvalue weighted by atomic mass is 9.90. The van der Waals surface area contributed by atoms with Crippen molar-refractivity contribution in [2.75, 3.05) is 19.6 Å². The first kappa shape index (κ1) is 12.0. The predicted octanol–water partition coefficient (Wildman–Crippen LogP) is 2.62. The van der Waals surface area contributed by atoms with Crippen LogP contribution in [-0.2, 0) is 0 Å². The predicted molar refractivity (Wildman–Crippen MR) is 69.3 cm³/mol. The number of nitrogens with zero attached hydrogens (tertiary/aromatic N) is 1. The van der Waals surface area contributed by atoms with Gasteiger partial charge in [0, 0.05) is 23.7 Å². The Morgan fingerprint density at radius 1 is 1.25 bits per heavy atom. The molecule has 2 nitrogen and oxygen atoms in total. The molecule has 0 aliphatic carbocycles. The van der Waals surface area contributed by atoms with Gasteiger partial charge in [0.25, 0.3) is 0 Å². The van der Waals surface area contributed by atoms with Gasteiger partial charge < -0.3 is 10.2 Å². The van der Waals surface area contributed by atoms with Crippen molar-refractivity contribution in [3.63, 3.8) is 0 Å². The van der Waals surface area contributed by atoms with Crippen LogP contribution in [0.5, 0.6) is 0 Å². The highest BCUT2D eigenvalue weighted by molar-refractivity contribution is 5.05. The van der Waals surface area contributed by atoms with E-state index in [4.69, 9.17) is 0 Å². The molecule has 3 fully saturated rings. The van der Waals surface area contributed by atoms with Crippen molar-refractivity contribution in [2.24, 2.45) is 11.3 Å². The van der Waals surface area contributed by atoms with Crippen molar-refractivity contribution in [2.45, 2.75) is 46.1 Å². The van der Waals surface area contributed by atoms with Gasteiger partial charge in [-0.15, -0.1) is 0 Å². The minimum absolute atomic E-state index is 0.181. The Morgan fingerprint density at radius 3 is 2.44 bits per heavy atom. The van der Waals surface area contributed by atoms with E-state index in [0.717, 1.165) is 5.92 Å². The molecule has 0 aromatic carbocycles. The Bertz CT molecular complexity index is 242. The van der Waals surface area contributed by atoms with Gasteiger partial charge in [0.1, 0.15) is 0 Å². The third-order valence-electron chi connectivity index (χ3n) is 4.09. The summed E-state index contributed by atoms with van der Waals surface area (Å²) in [6, 6.07) is 0.627. The molecule has 3 aliphatic heterocycles. The van der Waals surface area contributed by atoms with E-state index >= 15 is 0 Å². The first-order chi connectivity index (χ1) is 7.45. The Morgan fingerprint density at radius 2 is 1.88 bits per heavy atom. The normalized spacial score (nSPS) is 34.6. The Labute approximate surface area is 100 Å². The van der Waals surface area contributed by atoms with E-state index in [0.29, 0.717) is 6.04 Å². The summed E-state index contributed by atoms with van der Waals surface area (Å²) < 4.78 is 0. The third-order valence-corrected chi connectivity index (χ3v) is 4.09. The number of fused-ring (bicyclic) bond motifs is 4. The summed E-state index contributed by atoms with van der Waals surface area (Å²) in [7, 11) is 0. The average Bonchev–Trinajstić information content (AvgIpc) is 2.47. The number of hydrogen-bond acceptors (Lipinski definition) is 2. The van der Waals surface area contributed by atoms with Crippen LogP contribution in [0.25, 0.3) is 0 Å². The number of allylic oxidation sites excluding steroid dienone is 1. The van der Waals surface area contributed by atoms with Gasteiger partial charge in [0.15, 0.2) is 0 Å². The molecule has 3 aliphatic rings. The lowest BCUT2D eigenvalue weighted by Crippen LogP contribution is -2.40. The number of piperidine rings is 1. The van der Waals surface area contributed by atoms with Crippen molar-refractivity contribution in [1.29, 1.82) is 0 Å². The lowest BCUT2D eigenvalue weighted by Gasteiger charge is -2.29. The van der Waals surface area contributed by atoms with E-state index < -0.39 is 0 Å². The van der Waals surface area contributed by atoms with Crippen LogP contribution in [-0.4, -0.2) is 30.6 Å². The zero-order valence-electron chi connectivity index (χ0n) is 11.1. The highest BCUT2D eigenvalue weighted by Crippen LogP contribution is 2.29. The highest BCUT2D eigenvalue weighted by atomic mass is 15.2. The fourth-order valence-corrected chi connectivity index (χ4v) is 2.76. The summed E-state index contributed by atoms with van der Waals surface area (Å²) in [5, 5.41) is 3.66. The van der Waals surface area contributed by atoms with Gasteiger partial charge in [-0.05, 0) is 38.3 Å². The fourth-order valence-electron chi connectivity index (χ4n) is 2.76. The smallest absolute Gasteiger partial charge is 0.0388 e. The monoisotopic (exact) mass is 222 g/mol. The molecule has 0 radical (unpaired) electrons. The second-order valence-corrected chi connectivity index (χ2v) is 6.55. The summed E-state index contributed by atoms with van der Waals surface area (Å²) in [5.41, 5.74) is 1.38. The number of hydrogen-bond donors (Lipinski definition) is 1. The fraction of sp³-hybridized carbons (Fsp3) is 0.857. The van der Waals surface area contributed by atoms with E-state index in [1.54, 1.807) is 0 Å². The van der Waals surface area contributed by atoms with Crippen LogP contribution >= 0.6 is 0 Å². The van der Waals surface area contributed by atoms with Gasteiger partial charge in [0.05, 0.1) is 0 Å². The molecule has 1 atom stereocenters.